The summed E-state index contributed by atoms with van der Waals surface area (Å²) < 4.78 is 64.8. The van der Waals surface area contributed by atoms with E-state index in [-0.39, 0.29) is 5.75 Å². The fourth-order valence-electron chi connectivity index (χ4n) is 2.32. The van der Waals surface area contributed by atoms with Gasteiger partial charge in [0.1, 0.15) is 0 Å². The topological polar surface area (TPSA) is 43.4 Å². The predicted octanol–water partition coefficient (Wildman–Crippen LogP) is 4.66. The van der Waals surface area contributed by atoms with Crippen LogP contribution in [0.5, 0.6) is 5.75 Å². The summed E-state index contributed by atoms with van der Waals surface area (Å²) in [5.74, 6) is -0.330. The van der Waals surface area contributed by atoms with Gasteiger partial charge >= 0.3 is 15.6 Å². The van der Waals surface area contributed by atoms with Crippen molar-refractivity contribution in [2.75, 3.05) is 0 Å². The highest BCUT2D eigenvalue weighted by Gasteiger charge is 2.48. The first-order valence-corrected chi connectivity index (χ1v) is 8.30. The molecule has 0 unspecified atom stereocenters. The molecule has 0 amide bonds. The van der Waals surface area contributed by atoms with Gasteiger partial charge < -0.3 is 4.18 Å². The highest BCUT2D eigenvalue weighted by Crippen LogP contribution is 2.35. The van der Waals surface area contributed by atoms with Gasteiger partial charge in [-0.1, -0.05) is 43.3 Å². The maximum Gasteiger partial charge on any atom is 0.534 e. The first-order chi connectivity index (χ1) is 10.7. The van der Waals surface area contributed by atoms with Gasteiger partial charge in [0.15, 0.2) is 5.75 Å². The Morgan fingerprint density at radius 3 is 2.43 bits per heavy atom. The van der Waals surface area contributed by atoms with Crippen LogP contribution < -0.4 is 4.18 Å². The van der Waals surface area contributed by atoms with E-state index in [1.165, 1.54) is 12.1 Å². The fraction of sp³-hybridized carbons (Fsp3) is 0.250. The van der Waals surface area contributed by atoms with E-state index >= 15 is 0 Å². The third kappa shape index (κ3) is 3.34. The monoisotopic (exact) mass is 344 g/mol. The summed E-state index contributed by atoms with van der Waals surface area (Å²) in [7, 11) is -5.72. The van der Waals surface area contributed by atoms with Crippen molar-refractivity contribution in [2.45, 2.75) is 25.8 Å². The Balaban J connectivity index is 2.75. The average Bonchev–Trinajstić information content (AvgIpc) is 2.46. The zero-order valence-corrected chi connectivity index (χ0v) is 13.3. The highest BCUT2D eigenvalue weighted by molar-refractivity contribution is 7.88. The van der Waals surface area contributed by atoms with Crippen LogP contribution in [-0.2, 0) is 16.5 Å². The van der Waals surface area contributed by atoms with Gasteiger partial charge in [0, 0.05) is 5.39 Å². The minimum absolute atomic E-state index is 0.330. The summed E-state index contributed by atoms with van der Waals surface area (Å²) in [4.78, 5) is 0. The maximum atomic E-state index is 12.6. The third-order valence-electron chi connectivity index (χ3n) is 3.34. The molecule has 0 aromatic heterocycles. The van der Waals surface area contributed by atoms with Crippen LogP contribution in [0.1, 0.15) is 25.0 Å². The lowest BCUT2D eigenvalue weighted by Crippen LogP contribution is -2.28. The van der Waals surface area contributed by atoms with Crippen molar-refractivity contribution in [1.29, 1.82) is 0 Å². The largest absolute Gasteiger partial charge is 0.534 e. The van der Waals surface area contributed by atoms with Crippen molar-refractivity contribution >= 4 is 27.0 Å². The molecule has 0 atom stereocenters. The second kappa shape index (κ2) is 6.23. The van der Waals surface area contributed by atoms with Gasteiger partial charge in [-0.25, -0.2) is 0 Å². The third-order valence-corrected chi connectivity index (χ3v) is 4.30. The first-order valence-electron chi connectivity index (χ1n) is 6.89. The van der Waals surface area contributed by atoms with Crippen molar-refractivity contribution < 1.29 is 25.8 Å². The molecule has 0 aliphatic rings. The van der Waals surface area contributed by atoms with Crippen molar-refractivity contribution in [3.05, 3.63) is 47.5 Å². The number of rotatable bonds is 4. The van der Waals surface area contributed by atoms with Crippen molar-refractivity contribution in [2.24, 2.45) is 0 Å². The Morgan fingerprint density at radius 1 is 1.17 bits per heavy atom. The summed E-state index contributed by atoms with van der Waals surface area (Å²) in [5, 5.41) is 0.947. The normalized spacial score (nSPS) is 12.9. The molecule has 0 saturated heterocycles. The lowest BCUT2D eigenvalue weighted by atomic mass is 9.96. The Labute approximate surface area is 132 Å². The van der Waals surface area contributed by atoms with Gasteiger partial charge in [-0.2, -0.15) is 21.6 Å². The second-order valence-corrected chi connectivity index (χ2v) is 6.37. The van der Waals surface area contributed by atoms with E-state index in [1.54, 1.807) is 31.2 Å². The average molecular weight is 344 g/mol. The molecule has 0 heterocycles. The van der Waals surface area contributed by atoms with Gasteiger partial charge in [-0.15, -0.1) is 0 Å². The lowest BCUT2D eigenvalue weighted by molar-refractivity contribution is -0.0499. The molecule has 0 aliphatic heterocycles. The Morgan fingerprint density at radius 2 is 1.87 bits per heavy atom. The van der Waals surface area contributed by atoms with Gasteiger partial charge in [0.25, 0.3) is 0 Å². The van der Waals surface area contributed by atoms with Crippen molar-refractivity contribution in [1.82, 2.24) is 0 Å². The molecular weight excluding hydrogens is 329 g/mol. The molecular formula is C16H15F3O3S. The van der Waals surface area contributed by atoms with E-state index in [0.717, 1.165) is 5.56 Å². The molecule has 0 N–H and O–H groups in total. The van der Waals surface area contributed by atoms with E-state index in [1.807, 2.05) is 13.0 Å². The molecule has 0 spiro atoms. The number of allylic oxidation sites excluding steroid dienone is 1. The van der Waals surface area contributed by atoms with Crippen LogP contribution in [-0.4, -0.2) is 13.9 Å². The van der Waals surface area contributed by atoms with Crippen LogP contribution in [0.2, 0.25) is 0 Å². The van der Waals surface area contributed by atoms with Gasteiger partial charge in [-0.3, -0.25) is 0 Å². The minimum atomic E-state index is -5.72. The van der Waals surface area contributed by atoms with Gasteiger partial charge in [0.05, 0.1) is 0 Å². The number of aryl methyl sites for hydroxylation is 1. The maximum absolute atomic E-state index is 12.6. The number of halogens is 3. The summed E-state index contributed by atoms with van der Waals surface area (Å²) in [5.41, 5.74) is -3.94. The van der Waals surface area contributed by atoms with Crippen LogP contribution in [0, 0.1) is 0 Å². The molecule has 0 fully saturated rings. The zero-order chi connectivity index (χ0) is 17.3. The Bertz CT molecular complexity index is 853. The predicted molar refractivity (Wildman–Crippen MR) is 83.6 cm³/mol. The SMILES string of the molecule is C/C=C\c1c(CC)ccc2cccc(OS(=O)(=O)C(F)(F)F)c12. The van der Waals surface area contributed by atoms with E-state index < -0.39 is 15.6 Å². The van der Waals surface area contributed by atoms with E-state index in [2.05, 4.69) is 4.18 Å². The van der Waals surface area contributed by atoms with Crippen molar-refractivity contribution in [3.8, 4) is 5.75 Å². The van der Waals surface area contributed by atoms with Gasteiger partial charge in [0.2, 0.25) is 0 Å². The molecule has 124 valence electrons. The minimum Gasteiger partial charge on any atom is -0.375 e. The molecule has 0 saturated carbocycles. The summed E-state index contributed by atoms with van der Waals surface area (Å²) >= 11 is 0. The fourth-order valence-corrected chi connectivity index (χ4v) is 2.79. The van der Waals surface area contributed by atoms with Crippen LogP contribution in [0.15, 0.2) is 36.4 Å². The second-order valence-electron chi connectivity index (χ2n) is 4.83. The quantitative estimate of drug-likeness (QED) is 0.598. The number of alkyl halides is 3. The number of fused-ring (bicyclic) bond motifs is 1. The van der Waals surface area contributed by atoms with Crippen LogP contribution in [0.4, 0.5) is 13.2 Å². The molecule has 0 bridgehead atoms. The molecule has 0 radical (unpaired) electrons. The molecule has 3 nitrogen and oxygen atoms in total. The summed E-state index contributed by atoms with van der Waals surface area (Å²) in [6, 6.07) is 7.95. The summed E-state index contributed by atoms with van der Waals surface area (Å²) in [6.45, 7) is 3.68. The van der Waals surface area contributed by atoms with Gasteiger partial charge in [-0.05, 0) is 35.9 Å². The molecule has 7 heteroatoms. The highest BCUT2D eigenvalue weighted by atomic mass is 32.2. The molecule has 2 aromatic rings. The van der Waals surface area contributed by atoms with Crippen LogP contribution in [0.3, 0.4) is 0 Å². The molecule has 0 aliphatic carbocycles. The van der Waals surface area contributed by atoms with E-state index in [4.69, 9.17) is 0 Å². The number of benzene rings is 2. The van der Waals surface area contributed by atoms with Crippen LogP contribution >= 0.6 is 0 Å². The smallest absolute Gasteiger partial charge is 0.375 e. The summed E-state index contributed by atoms with van der Waals surface area (Å²) in [6.07, 6.45) is 4.12. The molecule has 2 aromatic carbocycles. The van der Waals surface area contributed by atoms with E-state index in [9.17, 15) is 21.6 Å². The number of hydrogen-bond donors (Lipinski definition) is 0. The van der Waals surface area contributed by atoms with E-state index in [0.29, 0.717) is 22.8 Å². The standard InChI is InChI=1S/C16H15F3O3S/c1-3-6-13-11(4-2)9-10-12-7-5-8-14(15(12)13)22-23(20,21)16(17,18)19/h3,5-10H,4H2,1-2H3/b6-3-. The first kappa shape index (κ1) is 17.3. The van der Waals surface area contributed by atoms with Crippen LogP contribution in [0.25, 0.3) is 16.8 Å². The molecule has 2 rings (SSSR count). The lowest BCUT2D eigenvalue weighted by Gasteiger charge is -2.14. The van der Waals surface area contributed by atoms with Crippen molar-refractivity contribution in [3.63, 3.8) is 0 Å². The number of hydrogen-bond acceptors (Lipinski definition) is 3. The Hall–Kier alpha value is -2.02. The Kier molecular flexibility index (Phi) is 4.70. The molecule has 23 heavy (non-hydrogen) atoms. The zero-order valence-electron chi connectivity index (χ0n) is 12.5.